The van der Waals surface area contributed by atoms with Gasteiger partial charge in [0.1, 0.15) is 0 Å². The topological polar surface area (TPSA) is 0 Å². The van der Waals surface area contributed by atoms with Crippen LogP contribution in [0.15, 0.2) is 161 Å². The quantitative estimate of drug-likeness (QED) is 0.118. The van der Waals surface area contributed by atoms with Crippen LogP contribution in [-0.2, 0) is 0 Å². The second kappa shape index (κ2) is 13.4. The fraction of sp³-hybridized carbons (Fsp3) is 0.0270. The Balaban J connectivity index is 1.68. The van der Waals surface area contributed by atoms with Crippen LogP contribution in [0.1, 0.15) is 34.2 Å². The molecule has 0 N–H and O–H groups in total. The standard InChI is InChI=1S/C37H28Br2/c38-33-21-17-31(18-22-33)35(32-19-23-34(39)24-20-32)26-27-37(30-14-8-3-9-15-30)36(29-12-6-2-7-13-29)25-16-28-10-4-1-5-11-28/h1-26H,27H2/b25-16+,37-36+. The first-order chi connectivity index (χ1) is 19.2. The van der Waals surface area contributed by atoms with E-state index in [-0.39, 0.29) is 0 Å². The van der Waals surface area contributed by atoms with Crippen LogP contribution in [0.4, 0.5) is 0 Å². The molecular weight excluding hydrogens is 604 g/mol. The highest BCUT2D eigenvalue weighted by molar-refractivity contribution is 9.10. The van der Waals surface area contributed by atoms with Gasteiger partial charge in [-0.3, -0.25) is 0 Å². The Labute approximate surface area is 248 Å². The van der Waals surface area contributed by atoms with E-state index in [0.29, 0.717) is 0 Å². The van der Waals surface area contributed by atoms with Gasteiger partial charge in [-0.05, 0) is 75.2 Å². The molecule has 39 heavy (non-hydrogen) atoms. The first-order valence-corrected chi connectivity index (χ1v) is 14.5. The third-order valence-corrected chi connectivity index (χ3v) is 7.65. The maximum absolute atomic E-state index is 3.59. The molecule has 0 spiro atoms. The van der Waals surface area contributed by atoms with Gasteiger partial charge in [-0.25, -0.2) is 0 Å². The van der Waals surface area contributed by atoms with Gasteiger partial charge in [-0.2, -0.15) is 0 Å². The fourth-order valence-electron chi connectivity index (χ4n) is 4.62. The number of hydrogen-bond acceptors (Lipinski definition) is 0. The van der Waals surface area contributed by atoms with Crippen molar-refractivity contribution < 1.29 is 0 Å². The molecule has 5 aromatic carbocycles. The summed E-state index contributed by atoms with van der Waals surface area (Å²) in [6.07, 6.45) is 7.61. The fourth-order valence-corrected chi connectivity index (χ4v) is 5.15. The molecule has 0 saturated heterocycles. The van der Waals surface area contributed by atoms with Gasteiger partial charge >= 0.3 is 0 Å². The highest BCUT2D eigenvalue weighted by Crippen LogP contribution is 2.34. The first kappa shape index (κ1) is 26.9. The van der Waals surface area contributed by atoms with Crippen LogP contribution in [0.25, 0.3) is 22.8 Å². The molecule has 0 aliphatic heterocycles. The molecule has 0 heterocycles. The molecule has 5 aromatic rings. The van der Waals surface area contributed by atoms with Crippen molar-refractivity contribution in [2.45, 2.75) is 6.42 Å². The molecule has 0 saturated carbocycles. The lowest BCUT2D eigenvalue weighted by atomic mass is 9.89. The Morgan fingerprint density at radius 3 is 1.46 bits per heavy atom. The average molecular weight is 632 g/mol. The zero-order valence-electron chi connectivity index (χ0n) is 21.5. The Kier molecular flexibility index (Phi) is 9.21. The van der Waals surface area contributed by atoms with E-state index in [9.17, 15) is 0 Å². The van der Waals surface area contributed by atoms with E-state index in [2.05, 4.69) is 190 Å². The van der Waals surface area contributed by atoms with Gasteiger partial charge in [0.2, 0.25) is 0 Å². The Morgan fingerprint density at radius 1 is 0.487 bits per heavy atom. The van der Waals surface area contributed by atoms with Crippen molar-refractivity contribution in [2.75, 3.05) is 0 Å². The molecule has 0 fully saturated rings. The molecule has 190 valence electrons. The minimum Gasteiger partial charge on any atom is -0.0716 e. The summed E-state index contributed by atoms with van der Waals surface area (Å²) in [5.41, 5.74) is 9.68. The van der Waals surface area contributed by atoms with Crippen molar-refractivity contribution >= 4 is 54.7 Å². The summed E-state index contributed by atoms with van der Waals surface area (Å²) < 4.78 is 2.15. The number of benzene rings is 5. The summed E-state index contributed by atoms with van der Waals surface area (Å²) in [6.45, 7) is 0. The molecule has 0 aliphatic carbocycles. The van der Waals surface area contributed by atoms with E-state index in [1.54, 1.807) is 0 Å². The maximum Gasteiger partial charge on any atom is 0.0175 e. The monoisotopic (exact) mass is 630 g/mol. The number of hydrogen-bond donors (Lipinski definition) is 0. The van der Waals surface area contributed by atoms with Crippen LogP contribution in [0.3, 0.4) is 0 Å². The van der Waals surface area contributed by atoms with Crippen molar-refractivity contribution in [1.29, 1.82) is 0 Å². The summed E-state index contributed by atoms with van der Waals surface area (Å²) in [6, 6.07) is 49.0. The maximum atomic E-state index is 3.59. The molecule has 0 aromatic heterocycles. The Morgan fingerprint density at radius 2 is 0.949 bits per heavy atom. The van der Waals surface area contributed by atoms with Gasteiger partial charge < -0.3 is 0 Å². The molecule has 5 rings (SSSR count). The van der Waals surface area contributed by atoms with Crippen molar-refractivity contribution in [1.82, 2.24) is 0 Å². The first-order valence-electron chi connectivity index (χ1n) is 13.0. The Hall–Kier alpha value is -3.72. The molecule has 0 unspecified atom stereocenters. The lowest BCUT2D eigenvalue weighted by Crippen LogP contribution is -1.93. The summed E-state index contributed by atoms with van der Waals surface area (Å²) in [5, 5.41) is 0. The molecule has 2 heteroatoms. The summed E-state index contributed by atoms with van der Waals surface area (Å²) in [5.74, 6) is 0. The van der Waals surface area contributed by atoms with Gasteiger partial charge in [-0.1, -0.05) is 165 Å². The van der Waals surface area contributed by atoms with E-state index < -0.39 is 0 Å². The van der Waals surface area contributed by atoms with Crippen LogP contribution in [0, 0.1) is 0 Å². The van der Waals surface area contributed by atoms with E-state index >= 15 is 0 Å². The van der Waals surface area contributed by atoms with E-state index in [1.165, 1.54) is 44.5 Å². The smallest absolute Gasteiger partial charge is 0.0175 e. The van der Waals surface area contributed by atoms with Crippen LogP contribution < -0.4 is 0 Å². The zero-order chi connectivity index (χ0) is 26.9. The zero-order valence-corrected chi connectivity index (χ0v) is 24.6. The minimum atomic E-state index is 0.773. The van der Waals surface area contributed by atoms with Crippen LogP contribution in [0.5, 0.6) is 0 Å². The third-order valence-electron chi connectivity index (χ3n) is 6.59. The second-order valence-corrected chi connectivity index (χ2v) is 11.0. The van der Waals surface area contributed by atoms with Gasteiger partial charge in [0, 0.05) is 8.95 Å². The highest BCUT2D eigenvalue weighted by Gasteiger charge is 2.12. The summed E-state index contributed by atoms with van der Waals surface area (Å²) >= 11 is 7.19. The van der Waals surface area contributed by atoms with E-state index in [4.69, 9.17) is 0 Å². The predicted molar refractivity (Wildman–Crippen MR) is 175 cm³/mol. The van der Waals surface area contributed by atoms with Crippen molar-refractivity contribution in [3.05, 3.63) is 188 Å². The molecule has 0 amide bonds. The van der Waals surface area contributed by atoms with Crippen LogP contribution in [-0.4, -0.2) is 0 Å². The number of rotatable bonds is 8. The summed E-state index contributed by atoms with van der Waals surface area (Å²) in [4.78, 5) is 0. The molecule has 0 nitrogen and oxygen atoms in total. The van der Waals surface area contributed by atoms with Gasteiger partial charge in [0.25, 0.3) is 0 Å². The van der Waals surface area contributed by atoms with Crippen molar-refractivity contribution in [3.8, 4) is 0 Å². The average Bonchev–Trinajstić information content (AvgIpc) is 2.99. The van der Waals surface area contributed by atoms with Gasteiger partial charge in [0.15, 0.2) is 0 Å². The van der Waals surface area contributed by atoms with Crippen LogP contribution >= 0.6 is 31.9 Å². The lowest BCUT2D eigenvalue weighted by molar-refractivity contribution is 1.37. The highest BCUT2D eigenvalue weighted by atomic mass is 79.9. The molecular formula is C37H28Br2. The summed E-state index contributed by atoms with van der Waals surface area (Å²) in [7, 11) is 0. The van der Waals surface area contributed by atoms with Crippen molar-refractivity contribution in [3.63, 3.8) is 0 Å². The number of halogens is 2. The molecule has 0 aliphatic rings. The largest absolute Gasteiger partial charge is 0.0716 e. The van der Waals surface area contributed by atoms with Crippen LogP contribution in [0.2, 0.25) is 0 Å². The van der Waals surface area contributed by atoms with Gasteiger partial charge in [0.05, 0.1) is 0 Å². The third kappa shape index (κ3) is 7.23. The Bertz CT molecular complexity index is 1530. The normalized spacial score (nSPS) is 11.7. The predicted octanol–water partition coefficient (Wildman–Crippen LogP) is 11.4. The van der Waals surface area contributed by atoms with Gasteiger partial charge in [-0.15, -0.1) is 0 Å². The molecule has 0 radical (unpaired) electrons. The second-order valence-electron chi connectivity index (χ2n) is 9.20. The lowest BCUT2D eigenvalue weighted by Gasteiger charge is -2.15. The molecule has 0 atom stereocenters. The number of allylic oxidation sites excluding steroid dienone is 4. The van der Waals surface area contributed by atoms with E-state index in [1.807, 2.05) is 0 Å². The van der Waals surface area contributed by atoms with Crippen molar-refractivity contribution in [2.24, 2.45) is 0 Å². The minimum absolute atomic E-state index is 0.773. The van der Waals surface area contributed by atoms with E-state index in [0.717, 1.165) is 15.4 Å². The SMILES string of the molecule is Brc1ccc(C(=CC/C(=C(/C=C/c2ccccc2)c2ccccc2)c2ccccc2)c2ccc(Br)cc2)cc1. The molecule has 0 bridgehead atoms.